The third kappa shape index (κ3) is 5.23. The lowest BCUT2D eigenvalue weighted by molar-refractivity contribution is -0.135. The largest absolute Gasteiger partial charge is 0.495 e. The summed E-state index contributed by atoms with van der Waals surface area (Å²) in [6.07, 6.45) is 6.94. The highest BCUT2D eigenvalue weighted by Gasteiger charge is 2.35. The quantitative estimate of drug-likeness (QED) is 0.765. The molecule has 7 heteroatoms. The lowest BCUT2D eigenvalue weighted by Crippen LogP contribution is -2.44. The van der Waals surface area contributed by atoms with Gasteiger partial charge in [-0.15, -0.1) is 12.4 Å². The summed E-state index contributed by atoms with van der Waals surface area (Å²) in [5, 5.41) is 6.62. The average Bonchev–Trinajstić information content (AvgIpc) is 3.06. The van der Waals surface area contributed by atoms with Gasteiger partial charge >= 0.3 is 0 Å². The SMILES string of the molecule is COc1ccccc1NC(=O)C1CCN(C(=O)CC2CC3CCC(C2)N3)CC1.Cl. The molecule has 29 heavy (non-hydrogen) atoms. The number of rotatable bonds is 5. The van der Waals surface area contributed by atoms with Crippen LogP contribution in [0.5, 0.6) is 5.75 Å². The van der Waals surface area contributed by atoms with Gasteiger partial charge in [0.05, 0.1) is 12.8 Å². The lowest BCUT2D eigenvalue weighted by atomic mass is 9.88. The van der Waals surface area contributed by atoms with E-state index < -0.39 is 0 Å². The summed E-state index contributed by atoms with van der Waals surface area (Å²) < 4.78 is 5.30. The summed E-state index contributed by atoms with van der Waals surface area (Å²) in [4.78, 5) is 27.3. The smallest absolute Gasteiger partial charge is 0.227 e. The van der Waals surface area contributed by atoms with Crippen LogP contribution in [0.4, 0.5) is 5.69 Å². The highest BCUT2D eigenvalue weighted by molar-refractivity contribution is 5.94. The van der Waals surface area contributed by atoms with Crippen LogP contribution < -0.4 is 15.4 Å². The molecule has 160 valence electrons. The van der Waals surface area contributed by atoms with Gasteiger partial charge in [-0.1, -0.05) is 12.1 Å². The number of halogens is 1. The molecule has 2 atom stereocenters. The topological polar surface area (TPSA) is 70.7 Å². The fourth-order valence-electron chi connectivity index (χ4n) is 5.09. The Bertz CT molecular complexity index is 709. The van der Waals surface area contributed by atoms with Gasteiger partial charge in [-0.05, 0) is 56.6 Å². The number of carbonyl (C=O) groups excluding carboxylic acids is 2. The fraction of sp³-hybridized carbons (Fsp3) is 0.636. The van der Waals surface area contributed by atoms with Gasteiger partial charge in [0.2, 0.25) is 11.8 Å². The van der Waals surface area contributed by atoms with E-state index in [2.05, 4.69) is 10.6 Å². The maximum atomic E-state index is 12.7. The predicted octanol–water partition coefficient (Wildman–Crippen LogP) is 3.21. The third-order valence-corrected chi connectivity index (χ3v) is 6.62. The number of carbonyl (C=O) groups is 2. The van der Waals surface area contributed by atoms with Crippen LogP contribution in [-0.2, 0) is 9.59 Å². The Kier molecular flexibility index (Phi) is 7.41. The molecule has 0 aliphatic carbocycles. The van der Waals surface area contributed by atoms with Crippen molar-refractivity contribution in [1.29, 1.82) is 0 Å². The summed E-state index contributed by atoms with van der Waals surface area (Å²) in [6, 6.07) is 8.70. The number of nitrogens with one attached hydrogen (secondary N) is 2. The van der Waals surface area contributed by atoms with Crippen molar-refractivity contribution >= 4 is 29.9 Å². The summed E-state index contributed by atoms with van der Waals surface area (Å²) in [5.74, 6) is 1.43. The van der Waals surface area contributed by atoms with E-state index >= 15 is 0 Å². The molecule has 2 unspecified atom stereocenters. The molecule has 0 saturated carbocycles. The number of anilines is 1. The number of nitrogens with zero attached hydrogens (tertiary/aromatic N) is 1. The molecule has 3 heterocycles. The van der Waals surface area contributed by atoms with Gasteiger partial charge in [-0.25, -0.2) is 0 Å². The summed E-state index contributed by atoms with van der Waals surface area (Å²) in [7, 11) is 1.60. The summed E-state index contributed by atoms with van der Waals surface area (Å²) in [6.45, 7) is 1.36. The van der Waals surface area contributed by atoms with Crippen molar-refractivity contribution in [3.05, 3.63) is 24.3 Å². The van der Waals surface area contributed by atoms with Crippen LogP contribution in [0.3, 0.4) is 0 Å². The number of fused-ring (bicyclic) bond motifs is 2. The molecule has 0 radical (unpaired) electrons. The van der Waals surface area contributed by atoms with Crippen LogP contribution in [0.2, 0.25) is 0 Å². The Balaban J connectivity index is 0.00000240. The van der Waals surface area contributed by atoms with E-state index in [1.165, 1.54) is 12.8 Å². The Labute approximate surface area is 179 Å². The molecular formula is C22H32ClN3O3. The predicted molar refractivity (Wildman–Crippen MR) is 115 cm³/mol. The van der Waals surface area contributed by atoms with Crippen molar-refractivity contribution in [3.63, 3.8) is 0 Å². The highest BCUT2D eigenvalue weighted by atomic mass is 35.5. The third-order valence-electron chi connectivity index (χ3n) is 6.62. The number of para-hydroxylation sites is 2. The van der Waals surface area contributed by atoms with Gasteiger partial charge in [-0.2, -0.15) is 0 Å². The minimum Gasteiger partial charge on any atom is -0.495 e. The maximum Gasteiger partial charge on any atom is 0.227 e. The highest BCUT2D eigenvalue weighted by Crippen LogP contribution is 2.33. The van der Waals surface area contributed by atoms with Gasteiger partial charge in [-0.3, -0.25) is 9.59 Å². The first-order valence-electron chi connectivity index (χ1n) is 10.6. The molecule has 1 aromatic rings. The summed E-state index contributed by atoms with van der Waals surface area (Å²) >= 11 is 0. The second-order valence-corrected chi connectivity index (χ2v) is 8.52. The Hall–Kier alpha value is -1.79. The van der Waals surface area contributed by atoms with Gasteiger partial charge in [0.15, 0.2) is 0 Å². The number of benzene rings is 1. The van der Waals surface area contributed by atoms with Gasteiger partial charge in [0.1, 0.15) is 5.75 Å². The zero-order chi connectivity index (χ0) is 19.5. The number of hydrogen-bond acceptors (Lipinski definition) is 4. The number of hydrogen-bond donors (Lipinski definition) is 2. The van der Waals surface area contributed by atoms with Crippen molar-refractivity contribution in [2.75, 3.05) is 25.5 Å². The molecule has 3 saturated heterocycles. The van der Waals surface area contributed by atoms with Crippen LogP contribution in [0.1, 0.15) is 44.9 Å². The molecule has 6 nitrogen and oxygen atoms in total. The van der Waals surface area contributed by atoms with Crippen LogP contribution in [0.25, 0.3) is 0 Å². The number of piperidine rings is 2. The van der Waals surface area contributed by atoms with Gasteiger partial charge in [0, 0.05) is 37.5 Å². The average molecular weight is 422 g/mol. The van der Waals surface area contributed by atoms with Crippen molar-refractivity contribution in [1.82, 2.24) is 10.2 Å². The van der Waals surface area contributed by atoms with E-state index in [1.54, 1.807) is 7.11 Å². The Morgan fingerprint density at radius 1 is 1.10 bits per heavy atom. The fourth-order valence-corrected chi connectivity index (χ4v) is 5.09. The van der Waals surface area contributed by atoms with E-state index in [1.807, 2.05) is 29.2 Å². The molecular weight excluding hydrogens is 390 g/mol. The van der Waals surface area contributed by atoms with Crippen LogP contribution >= 0.6 is 12.4 Å². The normalized spacial score (nSPS) is 26.5. The summed E-state index contributed by atoms with van der Waals surface area (Å²) in [5.41, 5.74) is 0.703. The molecule has 3 fully saturated rings. The van der Waals surface area contributed by atoms with Crippen molar-refractivity contribution in [3.8, 4) is 5.75 Å². The molecule has 0 spiro atoms. The second-order valence-electron chi connectivity index (χ2n) is 8.52. The van der Waals surface area contributed by atoms with Crippen molar-refractivity contribution in [2.24, 2.45) is 11.8 Å². The standard InChI is InChI=1S/C22H31N3O3.ClH/c1-28-20-5-3-2-4-19(20)24-22(27)16-8-10-25(11-9-16)21(26)14-15-12-17-6-7-18(13-15)23-17;/h2-5,15-18,23H,6-14H2,1H3,(H,24,27);1H. The molecule has 3 aliphatic heterocycles. The molecule has 2 amide bonds. The molecule has 4 rings (SSSR count). The first kappa shape index (κ1) is 21.9. The Morgan fingerprint density at radius 3 is 2.41 bits per heavy atom. The zero-order valence-corrected chi connectivity index (χ0v) is 17.9. The van der Waals surface area contributed by atoms with Crippen LogP contribution in [-0.4, -0.2) is 49.0 Å². The Morgan fingerprint density at radius 2 is 1.76 bits per heavy atom. The van der Waals surface area contributed by atoms with E-state index in [-0.39, 0.29) is 30.1 Å². The lowest BCUT2D eigenvalue weighted by Gasteiger charge is -2.34. The minimum absolute atomic E-state index is 0. The molecule has 2 bridgehead atoms. The molecule has 0 aromatic heterocycles. The zero-order valence-electron chi connectivity index (χ0n) is 17.1. The monoisotopic (exact) mass is 421 g/mol. The maximum absolute atomic E-state index is 12.7. The van der Waals surface area contributed by atoms with Crippen molar-refractivity contribution < 1.29 is 14.3 Å². The molecule has 1 aromatic carbocycles. The van der Waals surface area contributed by atoms with E-state index in [0.29, 0.717) is 48.9 Å². The van der Waals surface area contributed by atoms with Crippen molar-refractivity contribution in [2.45, 2.75) is 57.0 Å². The number of amides is 2. The molecule has 2 N–H and O–H groups in total. The first-order valence-corrected chi connectivity index (χ1v) is 10.6. The van der Waals surface area contributed by atoms with E-state index in [4.69, 9.17) is 4.74 Å². The number of ether oxygens (including phenoxy) is 1. The van der Waals surface area contributed by atoms with E-state index in [0.717, 1.165) is 25.7 Å². The van der Waals surface area contributed by atoms with Gasteiger partial charge in [0.25, 0.3) is 0 Å². The second kappa shape index (κ2) is 9.81. The minimum atomic E-state index is -0.0521. The molecule has 3 aliphatic rings. The van der Waals surface area contributed by atoms with E-state index in [9.17, 15) is 9.59 Å². The van der Waals surface area contributed by atoms with Gasteiger partial charge < -0.3 is 20.3 Å². The first-order chi connectivity index (χ1) is 13.6. The number of likely N-dealkylation sites (tertiary alicyclic amines) is 1. The number of methoxy groups -OCH3 is 1. The van der Waals surface area contributed by atoms with Crippen LogP contribution in [0.15, 0.2) is 24.3 Å². The van der Waals surface area contributed by atoms with Crippen LogP contribution in [0, 0.1) is 11.8 Å².